The van der Waals surface area contributed by atoms with Crippen LogP contribution in [0.3, 0.4) is 0 Å². The van der Waals surface area contributed by atoms with Gasteiger partial charge in [0.2, 0.25) is 0 Å². The van der Waals surface area contributed by atoms with E-state index in [1.54, 1.807) is 0 Å². The van der Waals surface area contributed by atoms with Crippen molar-refractivity contribution in [1.29, 1.82) is 0 Å². The van der Waals surface area contributed by atoms with E-state index in [2.05, 4.69) is 66.1 Å². The van der Waals surface area contributed by atoms with Gasteiger partial charge in [-0.25, -0.2) is 9.55 Å². The third-order valence-corrected chi connectivity index (χ3v) is 6.29. The fourth-order valence-corrected chi connectivity index (χ4v) is 4.43. The van der Waals surface area contributed by atoms with Crippen molar-refractivity contribution in [1.82, 2.24) is 4.98 Å². The average Bonchev–Trinajstić information content (AvgIpc) is 3.21. The lowest BCUT2D eigenvalue weighted by Gasteiger charge is -2.12. The third kappa shape index (κ3) is 9.65. The molecule has 0 saturated carbocycles. The zero-order valence-corrected chi connectivity index (χ0v) is 19.2. The number of hydrogen-bond acceptors (Lipinski definition) is 0. The number of hydrogen-bond donors (Lipinski definition) is 1. The first-order valence-corrected chi connectivity index (χ1v) is 12.5. The maximum absolute atomic E-state index is 3.55. The van der Waals surface area contributed by atoms with Crippen molar-refractivity contribution in [3.05, 3.63) is 54.1 Å². The molecular formula is C27H45N2+. The molecule has 2 aromatic rings. The Balaban J connectivity index is 1.62. The molecule has 0 aliphatic heterocycles. The number of rotatable bonds is 17. The Morgan fingerprint density at radius 2 is 1.45 bits per heavy atom. The van der Waals surface area contributed by atoms with Gasteiger partial charge in [-0.1, -0.05) is 108 Å². The highest BCUT2D eigenvalue weighted by Crippen LogP contribution is 2.23. The van der Waals surface area contributed by atoms with Crippen molar-refractivity contribution in [3.8, 4) is 0 Å². The van der Waals surface area contributed by atoms with Crippen LogP contribution in [0.5, 0.6) is 0 Å². The van der Waals surface area contributed by atoms with E-state index in [4.69, 9.17) is 0 Å². The summed E-state index contributed by atoms with van der Waals surface area (Å²) in [6.45, 7) is 5.75. The molecule has 1 aromatic heterocycles. The zero-order valence-electron chi connectivity index (χ0n) is 19.2. The van der Waals surface area contributed by atoms with Gasteiger partial charge < -0.3 is 0 Å². The third-order valence-electron chi connectivity index (χ3n) is 6.29. The highest BCUT2D eigenvalue weighted by molar-refractivity contribution is 5.14. The second kappa shape index (κ2) is 15.3. The molecule has 0 aliphatic carbocycles. The maximum atomic E-state index is 3.55. The monoisotopic (exact) mass is 397 g/mol. The van der Waals surface area contributed by atoms with Crippen LogP contribution in [-0.2, 0) is 13.0 Å². The second-order valence-corrected chi connectivity index (χ2v) is 8.70. The molecule has 29 heavy (non-hydrogen) atoms. The van der Waals surface area contributed by atoms with Crippen molar-refractivity contribution in [3.63, 3.8) is 0 Å². The van der Waals surface area contributed by atoms with Gasteiger partial charge in [-0.2, -0.15) is 0 Å². The quantitative estimate of drug-likeness (QED) is 0.208. The van der Waals surface area contributed by atoms with Crippen molar-refractivity contribution < 1.29 is 4.57 Å². The summed E-state index contributed by atoms with van der Waals surface area (Å²) in [7, 11) is 0. The number of benzene rings is 1. The highest BCUT2D eigenvalue weighted by atomic mass is 15.1. The molecule has 1 heterocycles. The largest absolute Gasteiger partial charge is 0.257 e. The van der Waals surface area contributed by atoms with E-state index in [9.17, 15) is 0 Å². The number of aromatic amines is 1. The summed E-state index contributed by atoms with van der Waals surface area (Å²) in [5, 5.41) is 0. The minimum atomic E-state index is 0.677. The minimum Gasteiger partial charge on any atom is -0.247 e. The molecule has 1 atom stereocenters. The van der Waals surface area contributed by atoms with E-state index in [-0.39, 0.29) is 0 Å². The number of unbranched alkanes of at least 4 members (excludes halogenated alkanes) is 9. The van der Waals surface area contributed by atoms with Gasteiger partial charge in [0.25, 0.3) is 5.82 Å². The van der Waals surface area contributed by atoms with Crippen LogP contribution in [0.25, 0.3) is 0 Å². The Labute approximate surface area is 180 Å². The molecule has 0 radical (unpaired) electrons. The number of aryl methyl sites for hydroxylation is 2. The van der Waals surface area contributed by atoms with E-state index < -0.39 is 0 Å². The lowest BCUT2D eigenvalue weighted by atomic mass is 9.96. The molecule has 0 amide bonds. The molecule has 2 nitrogen and oxygen atoms in total. The Bertz CT molecular complexity index is 616. The number of aromatic nitrogens is 2. The van der Waals surface area contributed by atoms with Crippen LogP contribution in [0.2, 0.25) is 0 Å². The van der Waals surface area contributed by atoms with E-state index in [0.29, 0.717) is 5.92 Å². The summed E-state index contributed by atoms with van der Waals surface area (Å²) in [6, 6.07) is 10.9. The molecule has 1 aromatic carbocycles. The van der Waals surface area contributed by atoms with Gasteiger partial charge in [0.1, 0.15) is 12.4 Å². The first-order chi connectivity index (χ1) is 14.3. The molecule has 1 N–H and O–H groups in total. The topological polar surface area (TPSA) is 19.7 Å². The van der Waals surface area contributed by atoms with E-state index in [1.807, 2.05) is 0 Å². The minimum absolute atomic E-state index is 0.677. The molecule has 0 saturated heterocycles. The molecule has 162 valence electrons. The van der Waals surface area contributed by atoms with Gasteiger partial charge in [-0.05, 0) is 31.2 Å². The van der Waals surface area contributed by atoms with Crippen LogP contribution in [-0.4, -0.2) is 4.98 Å². The molecule has 0 fully saturated rings. The van der Waals surface area contributed by atoms with Crippen LogP contribution in [0.15, 0.2) is 42.7 Å². The predicted octanol–water partition coefficient (Wildman–Crippen LogP) is 7.74. The Morgan fingerprint density at radius 1 is 0.793 bits per heavy atom. The number of imidazole rings is 1. The maximum Gasteiger partial charge on any atom is 0.257 e. The Hall–Kier alpha value is -1.57. The van der Waals surface area contributed by atoms with Crippen LogP contribution < -0.4 is 4.57 Å². The summed E-state index contributed by atoms with van der Waals surface area (Å²) in [4.78, 5) is 3.55. The first-order valence-electron chi connectivity index (χ1n) is 12.5. The average molecular weight is 398 g/mol. The van der Waals surface area contributed by atoms with Gasteiger partial charge in [0.05, 0.1) is 12.5 Å². The highest BCUT2D eigenvalue weighted by Gasteiger charge is 2.20. The number of nitrogens with zero attached hydrogens (tertiary/aromatic N) is 1. The lowest BCUT2D eigenvalue weighted by Crippen LogP contribution is -2.37. The second-order valence-electron chi connectivity index (χ2n) is 8.70. The predicted molar refractivity (Wildman–Crippen MR) is 125 cm³/mol. The molecule has 0 aliphatic rings. The first kappa shape index (κ1) is 23.7. The van der Waals surface area contributed by atoms with Crippen molar-refractivity contribution >= 4 is 0 Å². The smallest absolute Gasteiger partial charge is 0.247 e. The summed E-state index contributed by atoms with van der Waals surface area (Å²) in [6.07, 6.45) is 23.5. The van der Waals surface area contributed by atoms with Crippen LogP contribution in [0, 0.1) is 0 Å². The van der Waals surface area contributed by atoms with Gasteiger partial charge in [-0.3, -0.25) is 0 Å². The fraction of sp³-hybridized carbons (Fsp3) is 0.667. The Kier molecular flexibility index (Phi) is 12.5. The molecular weight excluding hydrogens is 352 g/mol. The number of H-pyrrole nitrogens is 1. The van der Waals surface area contributed by atoms with Crippen molar-refractivity contribution in [2.24, 2.45) is 0 Å². The van der Waals surface area contributed by atoms with Gasteiger partial charge in [0.15, 0.2) is 0 Å². The van der Waals surface area contributed by atoms with E-state index in [1.165, 1.54) is 94.9 Å². The van der Waals surface area contributed by atoms with Gasteiger partial charge in [-0.15, -0.1) is 0 Å². The summed E-state index contributed by atoms with van der Waals surface area (Å²) in [5.74, 6) is 2.12. The molecule has 2 heteroatoms. The van der Waals surface area contributed by atoms with Gasteiger partial charge >= 0.3 is 0 Å². The zero-order chi connectivity index (χ0) is 20.6. The Morgan fingerprint density at radius 3 is 2.10 bits per heavy atom. The number of nitrogens with one attached hydrogen (secondary N) is 1. The van der Waals surface area contributed by atoms with Crippen LogP contribution in [0.4, 0.5) is 0 Å². The summed E-state index contributed by atoms with van der Waals surface area (Å²) < 4.78 is 2.47. The molecule has 2 rings (SSSR count). The molecule has 0 spiro atoms. The SMILES string of the molecule is CCCCCCCCCCCC[C@H](CC)c1[nH]cc[n+]1CCCc1ccccc1. The summed E-state index contributed by atoms with van der Waals surface area (Å²) in [5.41, 5.74) is 1.45. The van der Waals surface area contributed by atoms with E-state index >= 15 is 0 Å². The van der Waals surface area contributed by atoms with Crippen LogP contribution >= 0.6 is 0 Å². The summed E-state index contributed by atoms with van der Waals surface area (Å²) >= 11 is 0. The molecule has 0 unspecified atom stereocenters. The van der Waals surface area contributed by atoms with Crippen molar-refractivity contribution in [2.75, 3.05) is 0 Å². The van der Waals surface area contributed by atoms with Crippen LogP contribution in [0.1, 0.15) is 115 Å². The van der Waals surface area contributed by atoms with Gasteiger partial charge in [0, 0.05) is 0 Å². The lowest BCUT2D eigenvalue weighted by molar-refractivity contribution is -0.704. The standard InChI is InChI=1S/C27H44N2/c1-3-5-6-7-8-9-10-11-12-16-21-26(4-2)27-28-22-24-29(27)23-17-20-25-18-14-13-15-19-25/h13-15,18-19,22,24,26H,3-12,16-17,20-21,23H2,1-2H3/p+1/t26-/m0/s1. The molecule has 0 bridgehead atoms. The van der Waals surface area contributed by atoms with E-state index in [0.717, 1.165) is 13.0 Å². The van der Waals surface area contributed by atoms with Crippen molar-refractivity contribution in [2.45, 2.75) is 116 Å². The fourth-order valence-electron chi connectivity index (χ4n) is 4.43. The normalized spacial score (nSPS) is 12.3.